The van der Waals surface area contributed by atoms with Crippen LogP contribution < -0.4 is 19.5 Å². The molecule has 8 heteroatoms. The highest BCUT2D eigenvalue weighted by Crippen LogP contribution is 2.31. The number of carbonyl (C=O) groups excluding carboxylic acids is 1. The molecule has 2 heterocycles. The summed E-state index contributed by atoms with van der Waals surface area (Å²) < 4.78 is 21.5. The lowest BCUT2D eigenvalue weighted by Crippen LogP contribution is -2.40. The monoisotopic (exact) mass is 379 g/mol. The fraction of sp³-hybridized carbons (Fsp3) is 0.150. The minimum absolute atomic E-state index is 0.0960. The van der Waals surface area contributed by atoms with E-state index in [9.17, 15) is 4.79 Å². The Kier molecular flexibility index (Phi) is 4.92. The van der Waals surface area contributed by atoms with Crippen LogP contribution in [0, 0.1) is 0 Å². The molecule has 3 aromatic rings. The van der Waals surface area contributed by atoms with Gasteiger partial charge in [0.25, 0.3) is 5.91 Å². The van der Waals surface area contributed by atoms with Gasteiger partial charge in [-0.15, -0.1) is 0 Å². The van der Waals surface area contributed by atoms with Crippen molar-refractivity contribution in [1.29, 1.82) is 0 Å². The summed E-state index contributed by atoms with van der Waals surface area (Å²) in [5, 5.41) is 10.3. The molecule has 1 atom stereocenters. The van der Waals surface area contributed by atoms with Crippen molar-refractivity contribution in [2.75, 3.05) is 18.5 Å². The standard InChI is InChI=1S/C20H17N3O5/c1-2-11-25-14-9-7-13(8-10-14)18-19(23-28-22-18)21-20(24)17-12-26-15-5-3-4-6-16(15)27-17/h2-10,17H,1,11-12H2,(H,21,23,24). The van der Waals surface area contributed by atoms with Crippen LogP contribution in [0.3, 0.4) is 0 Å². The molecular weight excluding hydrogens is 362 g/mol. The molecule has 0 aliphatic carbocycles. The van der Waals surface area contributed by atoms with E-state index >= 15 is 0 Å². The van der Waals surface area contributed by atoms with Crippen LogP contribution in [-0.4, -0.2) is 35.5 Å². The molecule has 142 valence electrons. The van der Waals surface area contributed by atoms with Crippen LogP contribution in [-0.2, 0) is 4.79 Å². The number of nitrogens with zero attached hydrogens (tertiary/aromatic N) is 2. The lowest BCUT2D eigenvalue weighted by Gasteiger charge is -2.25. The highest BCUT2D eigenvalue weighted by molar-refractivity contribution is 5.96. The van der Waals surface area contributed by atoms with Crippen molar-refractivity contribution in [3.8, 4) is 28.5 Å². The van der Waals surface area contributed by atoms with Gasteiger partial charge >= 0.3 is 0 Å². The second-order valence-corrected chi connectivity index (χ2v) is 5.94. The number of rotatable bonds is 6. The average molecular weight is 379 g/mol. The summed E-state index contributed by atoms with van der Waals surface area (Å²) in [6.45, 7) is 4.12. The third-order valence-electron chi connectivity index (χ3n) is 4.03. The van der Waals surface area contributed by atoms with Gasteiger partial charge < -0.3 is 19.5 Å². The number of carbonyl (C=O) groups is 1. The van der Waals surface area contributed by atoms with Crippen LogP contribution in [0.15, 0.2) is 65.8 Å². The van der Waals surface area contributed by atoms with Crippen molar-refractivity contribution in [2.45, 2.75) is 6.10 Å². The molecule has 4 rings (SSSR count). The van der Waals surface area contributed by atoms with Crippen molar-refractivity contribution in [1.82, 2.24) is 10.3 Å². The second kappa shape index (κ2) is 7.83. The Morgan fingerprint density at radius 2 is 1.96 bits per heavy atom. The molecule has 1 aliphatic rings. The number of nitrogens with one attached hydrogen (secondary N) is 1. The number of aromatic nitrogens is 2. The van der Waals surface area contributed by atoms with Crippen LogP contribution in [0.1, 0.15) is 0 Å². The molecule has 0 spiro atoms. The zero-order valence-electron chi connectivity index (χ0n) is 14.8. The number of benzene rings is 2. The van der Waals surface area contributed by atoms with Gasteiger partial charge in [0.05, 0.1) is 0 Å². The summed E-state index contributed by atoms with van der Waals surface area (Å²) in [6.07, 6.45) is 0.854. The normalized spacial score (nSPS) is 14.9. The minimum atomic E-state index is -0.811. The first kappa shape index (κ1) is 17.6. The molecule has 0 fully saturated rings. The van der Waals surface area contributed by atoms with E-state index in [2.05, 4.69) is 22.2 Å². The third kappa shape index (κ3) is 3.66. The zero-order valence-corrected chi connectivity index (χ0v) is 14.8. The maximum Gasteiger partial charge on any atom is 0.270 e. The molecule has 0 saturated heterocycles. The van der Waals surface area contributed by atoms with E-state index < -0.39 is 12.0 Å². The maximum atomic E-state index is 12.6. The molecule has 28 heavy (non-hydrogen) atoms. The Labute approximate surface area is 160 Å². The minimum Gasteiger partial charge on any atom is -0.490 e. The van der Waals surface area contributed by atoms with Gasteiger partial charge in [-0.25, -0.2) is 4.63 Å². The largest absolute Gasteiger partial charge is 0.490 e. The van der Waals surface area contributed by atoms with Gasteiger partial charge in [-0.2, -0.15) is 0 Å². The second-order valence-electron chi connectivity index (χ2n) is 5.94. The summed E-state index contributed by atoms with van der Waals surface area (Å²) in [5.74, 6) is 1.61. The zero-order chi connectivity index (χ0) is 19.3. The Hall–Kier alpha value is -3.81. The first-order chi connectivity index (χ1) is 13.7. The number of ether oxygens (including phenoxy) is 3. The van der Waals surface area contributed by atoms with Crippen LogP contribution >= 0.6 is 0 Å². The fourth-order valence-corrected chi connectivity index (χ4v) is 2.67. The van der Waals surface area contributed by atoms with E-state index in [0.717, 1.165) is 0 Å². The first-order valence-corrected chi connectivity index (χ1v) is 8.60. The number of amides is 1. The molecule has 1 aliphatic heterocycles. The molecule has 2 aromatic carbocycles. The summed E-state index contributed by atoms with van der Waals surface area (Å²) in [6, 6.07) is 14.3. The molecule has 8 nitrogen and oxygen atoms in total. The lowest BCUT2D eigenvalue weighted by molar-refractivity contribution is -0.125. The number of hydrogen-bond donors (Lipinski definition) is 1. The Morgan fingerprint density at radius 3 is 2.75 bits per heavy atom. The van der Waals surface area contributed by atoms with Gasteiger partial charge in [-0.3, -0.25) is 4.79 Å². The molecule has 0 radical (unpaired) electrons. The molecule has 1 N–H and O–H groups in total. The Balaban J connectivity index is 1.46. The number of fused-ring (bicyclic) bond motifs is 1. The smallest absolute Gasteiger partial charge is 0.270 e. The maximum absolute atomic E-state index is 12.6. The van der Waals surface area contributed by atoms with Gasteiger partial charge in [0.2, 0.25) is 11.9 Å². The van der Waals surface area contributed by atoms with Gasteiger partial charge in [0, 0.05) is 5.56 Å². The van der Waals surface area contributed by atoms with Crippen LogP contribution in [0.5, 0.6) is 17.2 Å². The van der Waals surface area contributed by atoms with Crippen LogP contribution in [0.2, 0.25) is 0 Å². The van der Waals surface area contributed by atoms with Gasteiger partial charge in [0.1, 0.15) is 19.0 Å². The van der Waals surface area contributed by atoms with E-state index in [0.29, 0.717) is 35.1 Å². The van der Waals surface area contributed by atoms with E-state index in [-0.39, 0.29) is 12.4 Å². The molecule has 0 saturated carbocycles. The summed E-state index contributed by atoms with van der Waals surface area (Å²) in [4.78, 5) is 12.6. The summed E-state index contributed by atoms with van der Waals surface area (Å²) in [5.41, 5.74) is 1.12. The SMILES string of the molecule is C=CCOc1ccc(-c2nonc2NC(=O)C2COc3ccccc3O2)cc1. The number of hydrogen-bond acceptors (Lipinski definition) is 7. The van der Waals surface area contributed by atoms with E-state index in [1.807, 2.05) is 12.1 Å². The van der Waals surface area contributed by atoms with Gasteiger partial charge in [-0.1, -0.05) is 24.8 Å². The number of anilines is 1. The van der Waals surface area contributed by atoms with Gasteiger partial charge in [0.15, 0.2) is 17.2 Å². The summed E-state index contributed by atoms with van der Waals surface area (Å²) in [7, 11) is 0. The number of para-hydroxylation sites is 2. The molecule has 1 aromatic heterocycles. The van der Waals surface area contributed by atoms with E-state index in [4.69, 9.17) is 18.8 Å². The van der Waals surface area contributed by atoms with Crippen molar-refractivity contribution < 1.29 is 23.6 Å². The quantitative estimate of drug-likeness (QED) is 0.658. The van der Waals surface area contributed by atoms with E-state index in [1.54, 1.807) is 42.5 Å². The molecule has 0 bridgehead atoms. The van der Waals surface area contributed by atoms with Crippen molar-refractivity contribution >= 4 is 11.7 Å². The summed E-state index contributed by atoms with van der Waals surface area (Å²) >= 11 is 0. The van der Waals surface area contributed by atoms with Crippen LogP contribution in [0.25, 0.3) is 11.3 Å². The lowest BCUT2D eigenvalue weighted by atomic mass is 10.1. The average Bonchev–Trinajstić information content (AvgIpc) is 3.20. The first-order valence-electron chi connectivity index (χ1n) is 8.60. The topological polar surface area (TPSA) is 95.7 Å². The Morgan fingerprint density at radius 1 is 1.18 bits per heavy atom. The van der Waals surface area contributed by atoms with Crippen LogP contribution in [0.4, 0.5) is 5.82 Å². The highest BCUT2D eigenvalue weighted by Gasteiger charge is 2.29. The molecule has 1 amide bonds. The molecular formula is C20H17N3O5. The predicted molar refractivity (Wildman–Crippen MR) is 100 cm³/mol. The van der Waals surface area contributed by atoms with Gasteiger partial charge in [-0.05, 0) is 46.7 Å². The van der Waals surface area contributed by atoms with Crippen molar-refractivity contribution in [3.05, 3.63) is 61.2 Å². The predicted octanol–water partition coefficient (Wildman–Crippen LogP) is 3.08. The highest BCUT2D eigenvalue weighted by atomic mass is 16.6. The molecule has 1 unspecified atom stereocenters. The van der Waals surface area contributed by atoms with Crippen molar-refractivity contribution in [2.24, 2.45) is 0 Å². The van der Waals surface area contributed by atoms with Crippen molar-refractivity contribution in [3.63, 3.8) is 0 Å². The van der Waals surface area contributed by atoms with E-state index in [1.165, 1.54) is 0 Å². The third-order valence-corrected chi connectivity index (χ3v) is 4.03. The fourth-order valence-electron chi connectivity index (χ4n) is 2.67. The Bertz CT molecular complexity index is 984.